The van der Waals surface area contributed by atoms with Crippen molar-refractivity contribution in [2.24, 2.45) is 4.99 Å². The van der Waals surface area contributed by atoms with Crippen molar-refractivity contribution in [1.29, 1.82) is 0 Å². The molecule has 1 heterocycles. The van der Waals surface area contributed by atoms with E-state index >= 15 is 0 Å². The van der Waals surface area contributed by atoms with Gasteiger partial charge < -0.3 is 10.2 Å². The first kappa shape index (κ1) is 19.5. The van der Waals surface area contributed by atoms with E-state index in [2.05, 4.69) is 15.6 Å². The van der Waals surface area contributed by atoms with Crippen molar-refractivity contribution < 1.29 is 9.72 Å². The van der Waals surface area contributed by atoms with Crippen molar-refractivity contribution in [3.8, 4) is 0 Å². The molecule has 28 heavy (non-hydrogen) atoms. The van der Waals surface area contributed by atoms with Crippen molar-refractivity contribution in [1.82, 2.24) is 10.2 Å². The number of carbonyl (C=O) groups is 1. The lowest BCUT2D eigenvalue weighted by Gasteiger charge is -2.12. The zero-order chi connectivity index (χ0) is 20.3. The molecule has 0 spiro atoms. The molecule has 0 unspecified atom stereocenters. The van der Waals surface area contributed by atoms with E-state index in [1.165, 1.54) is 12.1 Å². The first-order chi connectivity index (χ1) is 13.3. The minimum Gasteiger partial charge on any atom is -0.331 e. The van der Waals surface area contributed by atoms with Crippen LogP contribution in [0.2, 0.25) is 5.02 Å². The quantitative estimate of drug-likeness (QED) is 0.345. The monoisotopic (exact) mass is 415 g/mol. The molecule has 1 fully saturated rings. The van der Waals surface area contributed by atoms with E-state index in [9.17, 15) is 14.9 Å². The van der Waals surface area contributed by atoms with Crippen LogP contribution in [0.1, 0.15) is 5.56 Å². The highest BCUT2D eigenvalue weighted by Gasteiger charge is 2.28. The molecule has 0 bridgehead atoms. The van der Waals surface area contributed by atoms with Crippen LogP contribution in [-0.2, 0) is 4.79 Å². The van der Waals surface area contributed by atoms with Crippen LogP contribution in [0.3, 0.4) is 0 Å². The first-order valence-electron chi connectivity index (χ1n) is 8.00. The predicted octanol–water partition coefficient (Wildman–Crippen LogP) is 3.40. The molecule has 1 saturated heterocycles. The maximum atomic E-state index is 12.3. The molecule has 0 saturated carbocycles. The molecular weight excluding hydrogens is 402 g/mol. The predicted molar refractivity (Wildman–Crippen MR) is 112 cm³/mol. The normalized spacial score (nSPS) is 16.4. The molecule has 0 atom stereocenters. The summed E-state index contributed by atoms with van der Waals surface area (Å²) in [5, 5.41) is 17.0. The number of nitro benzene ring substituents is 1. The molecule has 142 valence electrons. The van der Waals surface area contributed by atoms with Gasteiger partial charge in [-0.2, -0.15) is 4.99 Å². The number of hydrogen-bond donors (Lipinski definition) is 2. The number of benzene rings is 2. The van der Waals surface area contributed by atoms with Gasteiger partial charge in [-0.15, -0.1) is 0 Å². The fourth-order valence-electron chi connectivity index (χ4n) is 2.45. The van der Waals surface area contributed by atoms with Gasteiger partial charge in [0.2, 0.25) is 11.1 Å². The number of non-ortho nitro benzene ring substituents is 1. The molecule has 1 aliphatic heterocycles. The Balaban J connectivity index is 1.76. The molecule has 1 amide bonds. The number of rotatable bonds is 3. The summed E-state index contributed by atoms with van der Waals surface area (Å²) in [6, 6.07) is 12.9. The number of thiocarbonyl (C=S) groups is 1. The molecule has 2 N–H and O–H groups in total. The Morgan fingerprint density at radius 2 is 2.04 bits per heavy atom. The number of guanidine groups is 1. The number of amides is 1. The lowest BCUT2D eigenvalue weighted by atomic mass is 10.1. The highest BCUT2D eigenvalue weighted by molar-refractivity contribution is 7.80. The van der Waals surface area contributed by atoms with Crippen molar-refractivity contribution in [2.75, 3.05) is 12.4 Å². The number of nitro groups is 1. The van der Waals surface area contributed by atoms with Gasteiger partial charge >= 0.3 is 0 Å². The Hall–Kier alpha value is -3.30. The summed E-state index contributed by atoms with van der Waals surface area (Å²) in [6.45, 7) is 0. The summed E-state index contributed by atoms with van der Waals surface area (Å²) < 4.78 is 0. The van der Waals surface area contributed by atoms with Crippen LogP contribution in [0.25, 0.3) is 6.08 Å². The highest BCUT2D eigenvalue weighted by Crippen LogP contribution is 2.19. The Labute approximate surface area is 170 Å². The fraction of sp³-hybridized carbons (Fsp3) is 0.0556. The second-order valence-electron chi connectivity index (χ2n) is 5.77. The Morgan fingerprint density at radius 1 is 1.32 bits per heavy atom. The van der Waals surface area contributed by atoms with Gasteiger partial charge in [-0.1, -0.05) is 17.7 Å². The standard InChI is InChI=1S/C18H14ClN5O3S/c1-23-15(9-11-5-7-14(8-6-11)24(26)27)16(25)21-17(23)22-18(28)20-13-4-2-3-12(19)10-13/h2-10H,1H3,(H2,20,21,22,25,28)/b15-9+. The molecule has 3 rings (SSSR count). The lowest BCUT2D eigenvalue weighted by molar-refractivity contribution is -0.384. The van der Waals surface area contributed by atoms with Crippen molar-refractivity contribution in [3.63, 3.8) is 0 Å². The van der Waals surface area contributed by atoms with Gasteiger partial charge in [0.05, 0.1) is 4.92 Å². The second kappa shape index (κ2) is 8.15. The summed E-state index contributed by atoms with van der Waals surface area (Å²) in [5.41, 5.74) is 1.63. The van der Waals surface area contributed by atoms with Crippen molar-refractivity contribution >= 4 is 58.2 Å². The molecule has 0 radical (unpaired) electrons. The lowest BCUT2D eigenvalue weighted by Crippen LogP contribution is -2.29. The van der Waals surface area contributed by atoms with Crippen LogP contribution in [-0.4, -0.2) is 33.9 Å². The third-order valence-electron chi connectivity index (χ3n) is 3.83. The Morgan fingerprint density at radius 3 is 2.68 bits per heavy atom. The summed E-state index contributed by atoms with van der Waals surface area (Å²) >= 11 is 11.1. The van der Waals surface area contributed by atoms with E-state index in [-0.39, 0.29) is 22.7 Å². The number of nitrogens with one attached hydrogen (secondary N) is 2. The number of hydrogen-bond acceptors (Lipinski definition) is 4. The Kier molecular flexibility index (Phi) is 5.67. The van der Waals surface area contributed by atoms with E-state index < -0.39 is 4.92 Å². The van der Waals surface area contributed by atoms with Crippen molar-refractivity contribution in [3.05, 3.63) is 74.9 Å². The second-order valence-corrected chi connectivity index (χ2v) is 6.59. The summed E-state index contributed by atoms with van der Waals surface area (Å²) in [6.07, 6.45) is 1.61. The van der Waals surface area contributed by atoms with E-state index in [1.807, 2.05) is 0 Å². The third-order valence-corrected chi connectivity index (χ3v) is 4.26. The van der Waals surface area contributed by atoms with Gasteiger partial charge in [-0.3, -0.25) is 20.2 Å². The smallest absolute Gasteiger partial charge is 0.274 e. The van der Waals surface area contributed by atoms with E-state index in [0.29, 0.717) is 22.0 Å². The molecule has 1 aliphatic rings. The number of anilines is 1. The number of carbonyl (C=O) groups excluding carboxylic acids is 1. The fourth-order valence-corrected chi connectivity index (χ4v) is 2.84. The van der Waals surface area contributed by atoms with E-state index in [0.717, 1.165) is 0 Å². The van der Waals surface area contributed by atoms with Gasteiger partial charge in [-0.05, 0) is 54.2 Å². The SMILES string of the molecule is CN1/C(=C/c2ccc([N+](=O)[O-])cc2)C(=O)N/C1=N\C(=S)Nc1cccc(Cl)c1. The highest BCUT2D eigenvalue weighted by atomic mass is 35.5. The van der Waals surface area contributed by atoms with Crippen LogP contribution >= 0.6 is 23.8 Å². The average molecular weight is 416 g/mol. The van der Waals surface area contributed by atoms with Gasteiger partial charge in [0.1, 0.15) is 5.70 Å². The molecular formula is C18H14ClN5O3S. The van der Waals surface area contributed by atoms with Crippen molar-refractivity contribution in [2.45, 2.75) is 0 Å². The topological polar surface area (TPSA) is 99.9 Å². The maximum Gasteiger partial charge on any atom is 0.274 e. The third kappa shape index (κ3) is 4.51. The van der Waals surface area contributed by atoms with Crippen LogP contribution in [0.15, 0.2) is 59.2 Å². The molecule has 2 aromatic carbocycles. The average Bonchev–Trinajstić information content (AvgIpc) is 2.89. The largest absolute Gasteiger partial charge is 0.331 e. The Bertz CT molecular complexity index is 1020. The minimum atomic E-state index is -0.482. The molecule has 10 heteroatoms. The van der Waals surface area contributed by atoms with Crippen LogP contribution in [0, 0.1) is 10.1 Å². The molecule has 8 nitrogen and oxygen atoms in total. The summed E-state index contributed by atoms with van der Waals surface area (Å²) in [4.78, 5) is 28.3. The summed E-state index contributed by atoms with van der Waals surface area (Å²) in [5.74, 6) is -0.0946. The minimum absolute atomic E-state index is 0.0222. The van der Waals surface area contributed by atoms with Gasteiger partial charge in [-0.25, -0.2) is 0 Å². The van der Waals surface area contributed by atoms with Crippen LogP contribution in [0.5, 0.6) is 0 Å². The first-order valence-corrected chi connectivity index (χ1v) is 8.78. The zero-order valence-electron chi connectivity index (χ0n) is 14.5. The summed E-state index contributed by atoms with van der Waals surface area (Å²) in [7, 11) is 1.66. The van der Waals surface area contributed by atoms with E-state index in [1.54, 1.807) is 54.4 Å². The molecule has 0 aliphatic carbocycles. The number of likely N-dealkylation sites (N-methyl/N-ethyl adjacent to an activating group) is 1. The number of halogens is 1. The van der Waals surface area contributed by atoms with Gasteiger partial charge in [0.15, 0.2) is 0 Å². The van der Waals surface area contributed by atoms with Crippen LogP contribution < -0.4 is 10.6 Å². The maximum absolute atomic E-state index is 12.3. The van der Waals surface area contributed by atoms with E-state index in [4.69, 9.17) is 23.8 Å². The zero-order valence-corrected chi connectivity index (χ0v) is 16.1. The molecule has 2 aromatic rings. The number of nitrogens with zero attached hydrogens (tertiary/aromatic N) is 3. The van der Waals surface area contributed by atoms with Crippen LogP contribution in [0.4, 0.5) is 11.4 Å². The number of aliphatic imine (C=N–C) groups is 1. The van der Waals surface area contributed by atoms with Gasteiger partial charge in [0.25, 0.3) is 11.6 Å². The molecule has 0 aromatic heterocycles. The van der Waals surface area contributed by atoms with Gasteiger partial charge in [0, 0.05) is 29.9 Å².